The summed E-state index contributed by atoms with van der Waals surface area (Å²) in [6.45, 7) is 1.80. The van der Waals surface area contributed by atoms with Crippen LogP contribution in [-0.2, 0) is 6.42 Å². The molecule has 4 heteroatoms. The quantitative estimate of drug-likeness (QED) is 0.772. The minimum Gasteiger partial charge on any atom is -0.238 e. The van der Waals surface area contributed by atoms with E-state index in [9.17, 15) is 0 Å². The molecular formula is C11H9N3S. The van der Waals surface area contributed by atoms with Gasteiger partial charge in [-0.15, -0.1) is 0 Å². The molecule has 0 bridgehead atoms. The summed E-state index contributed by atoms with van der Waals surface area (Å²) < 4.78 is 0. The van der Waals surface area contributed by atoms with E-state index >= 15 is 0 Å². The zero-order valence-electron chi connectivity index (χ0n) is 8.27. The van der Waals surface area contributed by atoms with E-state index in [1.54, 1.807) is 24.3 Å². The smallest absolute Gasteiger partial charge is 0.144 e. The van der Waals surface area contributed by atoms with E-state index in [-0.39, 0.29) is 0 Å². The highest BCUT2D eigenvalue weighted by atomic mass is 32.1. The van der Waals surface area contributed by atoms with Crippen LogP contribution >= 0.6 is 11.3 Å². The molecule has 0 unspecified atom stereocenters. The molecule has 2 rings (SSSR count). The lowest BCUT2D eigenvalue weighted by Crippen LogP contribution is -1.98. The molecule has 2 heterocycles. The van der Waals surface area contributed by atoms with Crippen molar-refractivity contribution in [1.29, 1.82) is 5.26 Å². The van der Waals surface area contributed by atoms with Gasteiger partial charge in [-0.25, -0.2) is 9.97 Å². The lowest BCUT2D eigenvalue weighted by Gasteiger charge is -2.00. The third-order valence-corrected chi connectivity index (χ3v) is 2.70. The van der Waals surface area contributed by atoms with E-state index in [1.165, 1.54) is 5.56 Å². The Bertz CT molecular complexity index is 497. The molecule has 0 aliphatic carbocycles. The van der Waals surface area contributed by atoms with Gasteiger partial charge in [0.25, 0.3) is 0 Å². The normalized spacial score (nSPS) is 9.87. The lowest BCUT2D eigenvalue weighted by atomic mass is 10.2. The molecule has 2 aromatic heterocycles. The Kier molecular flexibility index (Phi) is 2.75. The van der Waals surface area contributed by atoms with Crippen LogP contribution < -0.4 is 0 Å². The molecule has 0 aliphatic rings. The highest BCUT2D eigenvalue weighted by Gasteiger charge is 2.02. The summed E-state index contributed by atoms with van der Waals surface area (Å²) in [6, 6.07) is 5.84. The minimum atomic E-state index is 0.438. The van der Waals surface area contributed by atoms with Crippen molar-refractivity contribution in [3.63, 3.8) is 0 Å². The van der Waals surface area contributed by atoms with Crippen LogP contribution in [0.5, 0.6) is 0 Å². The standard InChI is InChI=1S/C11H9N3S/c1-8-13-10(5-11(6-12)14-8)4-9-2-3-15-7-9/h2-3,5,7H,4H2,1H3. The second kappa shape index (κ2) is 4.20. The molecule has 0 amide bonds. The first-order chi connectivity index (χ1) is 7.28. The zero-order valence-corrected chi connectivity index (χ0v) is 9.08. The van der Waals surface area contributed by atoms with Crippen LogP contribution in [0.3, 0.4) is 0 Å². The zero-order chi connectivity index (χ0) is 10.7. The summed E-state index contributed by atoms with van der Waals surface area (Å²) in [5.74, 6) is 0.652. The number of rotatable bonds is 2. The van der Waals surface area contributed by atoms with Gasteiger partial charge in [0.05, 0.1) is 0 Å². The first kappa shape index (κ1) is 9.81. The van der Waals surface area contributed by atoms with Gasteiger partial charge in [0.1, 0.15) is 17.6 Å². The van der Waals surface area contributed by atoms with Gasteiger partial charge in [-0.1, -0.05) is 0 Å². The van der Waals surface area contributed by atoms with Gasteiger partial charge in [0.2, 0.25) is 0 Å². The second-order valence-electron chi connectivity index (χ2n) is 3.21. The van der Waals surface area contributed by atoms with Gasteiger partial charge in [0, 0.05) is 12.1 Å². The number of hydrogen-bond donors (Lipinski definition) is 0. The predicted molar refractivity (Wildman–Crippen MR) is 58.6 cm³/mol. The monoisotopic (exact) mass is 215 g/mol. The molecule has 0 N–H and O–H groups in total. The van der Waals surface area contributed by atoms with E-state index in [0.717, 1.165) is 12.1 Å². The van der Waals surface area contributed by atoms with Gasteiger partial charge in [-0.2, -0.15) is 16.6 Å². The Morgan fingerprint density at radius 2 is 2.33 bits per heavy atom. The Labute approximate surface area is 92.1 Å². The number of nitrogens with zero attached hydrogens (tertiary/aromatic N) is 3. The van der Waals surface area contributed by atoms with Crippen molar-refractivity contribution < 1.29 is 0 Å². The average molecular weight is 215 g/mol. The lowest BCUT2D eigenvalue weighted by molar-refractivity contribution is 0.959. The number of nitriles is 1. The molecule has 0 aromatic carbocycles. The van der Waals surface area contributed by atoms with Gasteiger partial charge < -0.3 is 0 Å². The minimum absolute atomic E-state index is 0.438. The third kappa shape index (κ3) is 2.39. The molecular weight excluding hydrogens is 206 g/mol. The molecule has 3 nitrogen and oxygen atoms in total. The maximum Gasteiger partial charge on any atom is 0.144 e. The summed E-state index contributed by atoms with van der Waals surface area (Å²) >= 11 is 1.66. The largest absolute Gasteiger partial charge is 0.238 e. The Hall–Kier alpha value is -1.73. The first-order valence-corrected chi connectivity index (χ1v) is 5.48. The van der Waals surface area contributed by atoms with Gasteiger partial charge >= 0.3 is 0 Å². The van der Waals surface area contributed by atoms with Crippen molar-refractivity contribution in [1.82, 2.24) is 9.97 Å². The molecule has 74 valence electrons. The Balaban J connectivity index is 2.29. The van der Waals surface area contributed by atoms with Gasteiger partial charge in [-0.05, 0) is 35.4 Å². The third-order valence-electron chi connectivity index (χ3n) is 1.97. The van der Waals surface area contributed by atoms with Crippen LogP contribution in [0.1, 0.15) is 22.8 Å². The highest BCUT2D eigenvalue weighted by molar-refractivity contribution is 7.07. The fourth-order valence-electron chi connectivity index (χ4n) is 1.38. The maximum atomic E-state index is 8.77. The second-order valence-corrected chi connectivity index (χ2v) is 3.99. The average Bonchev–Trinajstić information content (AvgIpc) is 2.69. The number of aromatic nitrogens is 2. The molecule has 0 aliphatic heterocycles. The molecule has 0 fully saturated rings. The van der Waals surface area contributed by atoms with Crippen LogP contribution in [-0.4, -0.2) is 9.97 Å². The summed E-state index contributed by atoms with van der Waals surface area (Å²) in [6.07, 6.45) is 0.765. The van der Waals surface area contributed by atoms with Crippen molar-refractivity contribution in [2.45, 2.75) is 13.3 Å². The maximum absolute atomic E-state index is 8.77. The van der Waals surface area contributed by atoms with E-state index < -0.39 is 0 Å². The number of thiophene rings is 1. The van der Waals surface area contributed by atoms with Crippen LogP contribution in [0, 0.1) is 18.3 Å². The summed E-state index contributed by atoms with van der Waals surface area (Å²) in [5.41, 5.74) is 2.56. The van der Waals surface area contributed by atoms with Crippen LogP contribution in [0.25, 0.3) is 0 Å². The van der Waals surface area contributed by atoms with Gasteiger partial charge in [0.15, 0.2) is 0 Å². The number of hydrogen-bond acceptors (Lipinski definition) is 4. The van der Waals surface area contributed by atoms with Crippen molar-refractivity contribution in [3.05, 3.63) is 45.7 Å². The fraction of sp³-hybridized carbons (Fsp3) is 0.182. The SMILES string of the molecule is Cc1nc(C#N)cc(Cc2ccsc2)n1. The molecule has 0 radical (unpaired) electrons. The Morgan fingerprint density at radius 1 is 1.47 bits per heavy atom. The van der Waals surface area contributed by atoms with Crippen LogP contribution in [0.2, 0.25) is 0 Å². The molecule has 0 atom stereocenters. The predicted octanol–water partition coefficient (Wildman–Crippen LogP) is 2.31. The molecule has 0 saturated carbocycles. The topological polar surface area (TPSA) is 49.6 Å². The fourth-order valence-corrected chi connectivity index (χ4v) is 2.05. The highest BCUT2D eigenvalue weighted by Crippen LogP contribution is 2.11. The summed E-state index contributed by atoms with van der Waals surface area (Å²) in [7, 11) is 0. The molecule has 0 spiro atoms. The van der Waals surface area contributed by atoms with Crippen LogP contribution in [0.15, 0.2) is 22.9 Å². The molecule has 0 saturated heterocycles. The summed E-state index contributed by atoms with van der Waals surface area (Å²) in [5, 5.41) is 12.9. The van der Waals surface area contributed by atoms with E-state index in [4.69, 9.17) is 5.26 Å². The molecule has 2 aromatic rings. The summed E-state index contributed by atoms with van der Waals surface area (Å²) in [4.78, 5) is 8.31. The van der Waals surface area contributed by atoms with E-state index in [2.05, 4.69) is 21.4 Å². The van der Waals surface area contributed by atoms with Crippen molar-refractivity contribution in [2.75, 3.05) is 0 Å². The van der Waals surface area contributed by atoms with Crippen molar-refractivity contribution in [2.24, 2.45) is 0 Å². The van der Waals surface area contributed by atoms with E-state index in [1.807, 2.05) is 11.4 Å². The van der Waals surface area contributed by atoms with Crippen molar-refractivity contribution in [3.8, 4) is 6.07 Å². The first-order valence-electron chi connectivity index (χ1n) is 4.53. The van der Waals surface area contributed by atoms with Crippen LogP contribution in [0.4, 0.5) is 0 Å². The number of aryl methyl sites for hydroxylation is 1. The van der Waals surface area contributed by atoms with Gasteiger partial charge in [-0.3, -0.25) is 0 Å². The molecule has 15 heavy (non-hydrogen) atoms. The Morgan fingerprint density at radius 3 is 3.00 bits per heavy atom. The van der Waals surface area contributed by atoms with Crippen molar-refractivity contribution >= 4 is 11.3 Å². The van der Waals surface area contributed by atoms with E-state index in [0.29, 0.717) is 11.5 Å².